The third-order valence-corrected chi connectivity index (χ3v) is 22.7. The summed E-state index contributed by atoms with van der Waals surface area (Å²) in [4.78, 5) is 0. The Balaban J connectivity index is 2.19. The van der Waals surface area contributed by atoms with Gasteiger partial charge in [0.15, 0.2) is 0 Å². The zero-order valence-corrected chi connectivity index (χ0v) is 22.6. The summed E-state index contributed by atoms with van der Waals surface area (Å²) in [5, 5.41) is 0. The molecule has 0 aromatic heterocycles. The van der Waals surface area contributed by atoms with Crippen molar-refractivity contribution >= 4 is 45.7 Å². The first-order valence-electron chi connectivity index (χ1n) is 8.62. The molecule has 2 aromatic carbocycles. The van der Waals surface area contributed by atoms with Crippen LogP contribution in [0.25, 0.3) is 0 Å². The van der Waals surface area contributed by atoms with E-state index in [0.29, 0.717) is 5.56 Å². The first kappa shape index (κ1) is 24.7. The molecule has 0 bridgehead atoms. The quantitative estimate of drug-likeness (QED) is 0.303. The molecule has 0 aliphatic heterocycles. The molecule has 2 unspecified atom stereocenters. The van der Waals surface area contributed by atoms with Gasteiger partial charge in [0.05, 0.1) is 0 Å². The van der Waals surface area contributed by atoms with E-state index < -0.39 is 70.7 Å². The van der Waals surface area contributed by atoms with Crippen molar-refractivity contribution in [3.63, 3.8) is 0 Å². The fraction of sp³-hybridized carbons (Fsp3) is 0.333. The number of rotatable bonds is 9. The van der Waals surface area contributed by atoms with Gasteiger partial charge in [-0.1, -0.05) is 0 Å². The summed E-state index contributed by atoms with van der Waals surface area (Å²) in [6.07, 6.45) is -7.12. The van der Waals surface area contributed by atoms with Crippen molar-refractivity contribution in [3.8, 4) is 0 Å². The summed E-state index contributed by atoms with van der Waals surface area (Å²) < 4.78 is 102. The molecule has 2 atom stereocenters. The van der Waals surface area contributed by atoms with Crippen molar-refractivity contribution in [2.45, 2.75) is 35.5 Å². The van der Waals surface area contributed by atoms with Crippen molar-refractivity contribution in [1.29, 1.82) is 0 Å². The summed E-state index contributed by atoms with van der Waals surface area (Å²) in [6.45, 7) is 1.53. The van der Waals surface area contributed by atoms with E-state index in [-0.39, 0.29) is 0 Å². The summed E-state index contributed by atoms with van der Waals surface area (Å²) in [5.74, 6) is -11.5. The fourth-order valence-corrected chi connectivity index (χ4v) is 20.4. The van der Waals surface area contributed by atoms with Crippen LogP contribution in [0.1, 0.15) is 18.6 Å². The van der Waals surface area contributed by atoms with E-state index >= 15 is 0 Å². The van der Waals surface area contributed by atoms with E-state index in [0.717, 1.165) is 3.58 Å². The first-order chi connectivity index (χ1) is 13.4. The number of halogens is 7. The molecule has 29 heavy (non-hydrogen) atoms. The van der Waals surface area contributed by atoms with Crippen molar-refractivity contribution in [2.75, 3.05) is 0 Å². The Labute approximate surface area is 182 Å². The van der Waals surface area contributed by atoms with Gasteiger partial charge in [-0.15, -0.1) is 0 Å². The number of hydrogen-bond donors (Lipinski definition) is 0. The van der Waals surface area contributed by atoms with Gasteiger partial charge in [-0.25, -0.2) is 0 Å². The van der Waals surface area contributed by atoms with Gasteiger partial charge < -0.3 is 0 Å². The summed E-state index contributed by atoms with van der Waals surface area (Å²) in [6, 6.07) is 16.9. The molecular weight excluding hydrogens is 619 g/mol. The van der Waals surface area contributed by atoms with Crippen LogP contribution in [0.5, 0.6) is 0 Å². The van der Waals surface area contributed by atoms with Crippen LogP contribution in [0.4, 0.5) is 30.7 Å². The van der Waals surface area contributed by atoms with Gasteiger partial charge in [-0.2, -0.15) is 0 Å². The molecular formula is C18H19F7O2Sn2. The Bertz CT molecular complexity index is 758. The molecule has 2 rings (SSSR count). The Morgan fingerprint density at radius 1 is 0.862 bits per heavy atom. The number of benzene rings is 2. The summed E-state index contributed by atoms with van der Waals surface area (Å²) >= 11 is -6.75. The zero-order valence-electron chi connectivity index (χ0n) is 15.3. The van der Waals surface area contributed by atoms with Crippen LogP contribution in [0.2, 0.25) is 4.44 Å². The number of alkyl halides is 7. The third-order valence-electron chi connectivity index (χ3n) is 4.14. The SMILES string of the molecule is CC([O][SnH]([CH2]C(F)(F)C(F)(F)C(F)(F)F)[O][SnH2][c]1ccccc1)c1ccccc1. The topological polar surface area (TPSA) is 18.5 Å². The maximum atomic E-state index is 14.0. The predicted octanol–water partition coefficient (Wildman–Crippen LogP) is 4.24. The summed E-state index contributed by atoms with van der Waals surface area (Å²) in [7, 11) is 0. The Morgan fingerprint density at radius 3 is 1.90 bits per heavy atom. The molecule has 0 heterocycles. The van der Waals surface area contributed by atoms with E-state index in [1.54, 1.807) is 60.7 Å². The zero-order chi connectivity index (χ0) is 21.7. The molecule has 11 heteroatoms. The molecule has 0 saturated heterocycles. The van der Waals surface area contributed by atoms with E-state index in [1.807, 2.05) is 0 Å². The van der Waals surface area contributed by atoms with Gasteiger partial charge in [-0.3, -0.25) is 0 Å². The molecule has 2 nitrogen and oxygen atoms in total. The normalized spacial score (nSPS) is 15.6. The van der Waals surface area contributed by atoms with Crippen LogP contribution in [-0.4, -0.2) is 60.2 Å². The van der Waals surface area contributed by atoms with Gasteiger partial charge in [0.2, 0.25) is 0 Å². The minimum absolute atomic E-state index is 0.596. The van der Waals surface area contributed by atoms with Crippen molar-refractivity contribution < 1.29 is 35.2 Å². The van der Waals surface area contributed by atoms with E-state index in [4.69, 9.17) is 4.49 Å². The second kappa shape index (κ2) is 10.2. The molecule has 0 saturated carbocycles. The van der Waals surface area contributed by atoms with Crippen LogP contribution in [-0.2, 0) is 4.49 Å². The van der Waals surface area contributed by atoms with E-state index in [2.05, 4.69) is 0 Å². The third kappa shape index (κ3) is 6.73. The van der Waals surface area contributed by atoms with Gasteiger partial charge in [0.25, 0.3) is 0 Å². The molecule has 0 fully saturated rings. The van der Waals surface area contributed by atoms with Gasteiger partial charge in [0.1, 0.15) is 0 Å². The molecule has 0 spiro atoms. The molecule has 0 aliphatic carbocycles. The second-order valence-electron chi connectivity index (χ2n) is 6.40. The first-order valence-corrected chi connectivity index (χ1v) is 17.3. The summed E-state index contributed by atoms with van der Waals surface area (Å²) in [5.41, 5.74) is 0.596. The minimum atomic E-state index is -6.36. The average molecular weight is 638 g/mol. The Hall–Kier alpha value is -0.533. The van der Waals surface area contributed by atoms with Crippen molar-refractivity contribution in [3.05, 3.63) is 66.2 Å². The molecule has 0 aliphatic rings. The maximum absolute atomic E-state index is 14.0. The molecule has 0 amide bonds. The van der Waals surface area contributed by atoms with Gasteiger partial charge in [0, 0.05) is 0 Å². The fourth-order valence-electron chi connectivity index (χ4n) is 2.48. The van der Waals surface area contributed by atoms with E-state index in [1.165, 1.54) is 6.92 Å². The second-order valence-corrected chi connectivity index (χ2v) is 21.3. The van der Waals surface area contributed by atoms with Crippen LogP contribution < -0.4 is 3.58 Å². The Kier molecular flexibility index (Phi) is 8.69. The monoisotopic (exact) mass is 640 g/mol. The van der Waals surface area contributed by atoms with Crippen molar-refractivity contribution in [2.24, 2.45) is 0 Å². The van der Waals surface area contributed by atoms with Crippen LogP contribution >= 0.6 is 0 Å². The standard InChI is InChI=1S/C8H9O.C6H5.C4H2F7.O.2Sn.3H/c1-7(9)8-5-3-2-4-6-8;1-2-4-6-5-3-1;1-2(5,6)3(7,8)4(9,10)11;;;;;;/h2-7H,1H3;1-5H;1H2;;;;;;/q-1;;;;;+1;;;. The molecule has 0 N–H and O–H groups in total. The van der Waals surface area contributed by atoms with Crippen LogP contribution in [0, 0.1) is 0 Å². The Morgan fingerprint density at radius 2 is 1.38 bits per heavy atom. The van der Waals surface area contributed by atoms with Gasteiger partial charge in [-0.05, 0) is 0 Å². The number of hydrogen-bond acceptors (Lipinski definition) is 2. The molecule has 0 radical (unpaired) electrons. The van der Waals surface area contributed by atoms with Crippen molar-refractivity contribution in [1.82, 2.24) is 0 Å². The van der Waals surface area contributed by atoms with Crippen LogP contribution in [0.3, 0.4) is 0 Å². The van der Waals surface area contributed by atoms with Gasteiger partial charge >= 0.3 is 183 Å². The average Bonchev–Trinajstić information content (AvgIpc) is 2.66. The predicted molar refractivity (Wildman–Crippen MR) is 99.6 cm³/mol. The molecule has 2 aromatic rings. The van der Waals surface area contributed by atoms with E-state index in [9.17, 15) is 30.7 Å². The van der Waals surface area contributed by atoms with Crippen LogP contribution in [0.15, 0.2) is 60.7 Å². The molecule has 160 valence electrons.